The highest BCUT2D eigenvalue weighted by Crippen LogP contribution is 2.29. The van der Waals surface area contributed by atoms with E-state index in [1.807, 2.05) is 49.6 Å². The third kappa shape index (κ3) is 4.13. The van der Waals surface area contributed by atoms with Crippen molar-refractivity contribution in [2.75, 3.05) is 5.73 Å². The molecule has 2 heterocycles. The lowest BCUT2D eigenvalue weighted by Crippen LogP contribution is -2.34. The molecule has 0 atom stereocenters. The molecule has 1 amide bonds. The van der Waals surface area contributed by atoms with E-state index in [9.17, 15) is 4.79 Å². The summed E-state index contributed by atoms with van der Waals surface area (Å²) in [4.78, 5) is 21.3. The van der Waals surface area contributed by atoms with E-state index < -0.39 is 11.7 Å². The molecule has 0 aliphatic carbocycles. The van der Waals surface area contributed by atoms with Crippen molar-refractivity contribution in [3.05, 3.63) is 30.1 Å². The minimum Gasteiger partial charge on any atom is -0.444 e. The molecular weight excluding hydrogens is 342 g/mol. The molecule has 144 valence electrons. The van der Waals surface area contributed by atoms with Crippen LogP contribution in [0.5, 0.6) is 0 Å². The van der Waals surface area contributed by atoms with Crippen LogP contribution in [0.15, 0.2) is 24.3 Å². The van der Waals surface area contributed by atoms with Gasteiger partial charge in [0.1, 0.15) is 16.9 Å². The quantitative estimate of drug-likeness (QED) is 0.709. The first-order chi connectivity index (χ1) is 12.8. The second kappa shape index (κ2) is 7.42. The number of unbranched alkanes of at least 4 members (excludes halogenated alkanes) is 1. The highest BCUT2D eigenvalue weighted by molar-refractivity contribution is 6.06. The second-order valence-corrected chi connectivity index (χ2v) is 7.61. The summed E-state index contributed by atoms with van der Waals surface area (Å²) in [7, 11) is 0. The van der Waals surface area contributed by atoms with E-state index in [2.05, 4.69) is 17.2 Å². The van der Waals surface area contributed by atoms with Crippen molar-refractivity contribution in [2.45, 2.75) is 59.2 Å². The van der Waals surface area contributed by atoms with Crippen LogP contribution in [0.1, 0.15) is 46.4 Å². The Morgan fingerprint density at radius 3 is 2.70 bits per heavy atom. The van der Waals surface area contributed by atoms with Crippen molar-refractivity contribution in [1.82, 2.24) is 19.9 Å². The maximum Gasteiger partial charge on any atom is 0.409 e. The summed E-state index contributed by atoms with van der Waals surface area (Å²) in [6.45, 7) is 7.92. The number of nitrogens with two attached hydrogens (primary N) is 1. The Hall–Kier alpha value is -2.83. The zero-order valence-corrected chi connectivity index (χ0v) is 16.4. The van der Waals surface area contributed by atoms with Crippen molar-refractivity contribution in [1.29, 1.82) is 0 Å². The molecular formula is C20H27N5O2. The van der Waals surface area contributed by atoms with Gasteiger partial charge in [-0.1, -0.05) is 31.5 Å². The molecule has 7 heteroatoms. The summed E-state index contributed by atoms with van der Waals surface area (Å²) in [6.07, 6.45) is 2.39. The summed E-state index contributed by atoms with van der Waals surface area (Å²) in [5.41, 5.74) is 7.99. The van der Waals surface area contributed by atoms with Gasteiger partial charge >= 0.3 is 6.09 Å². The Kier molecular flexibility index (Phi) is 5.21. The number of nitrogen functional groups attached to an aromatic ring is 1. The van der Waals surface area contributed by atoms with Crippen molar-refractivity contribution >= 4 is 33.8 Å². The number of nitrogens with zero attached hydrogens (tertiary/aromatic N) is 3. The number of carbonyl (C=O) groups excluding carboxylic acids is 1. The van der Waals surface area contributed by atoms with Crippen molar-refractivity contribution in [2.24, 2.45) is 0 Å². The molecule has 0 unspecified atom stereocenters. The molecule has 0 bridgehead atoms. The number of alkyl carbamates (subject to hydrolysis) is 1. The number of carbonyl (C=O) groups is 1. The number of aromatic nitrogens is 3. The summed E-state index contributed by atoms with van der Waals surface area (Å²) in [6, 6.07) is 7.82. The molecule has 0 saturated heterocycles. The van der Waals surface area contributed by atoms with Crippen LogP contribution in [0.3, 0.4) is 0 Å². The first kappa shape index (κ1) is 18.9. The lowest BCUT2D eigenvalue weighted by molar-refractivity contribution is 0.0512. The van der Waals surface area contributed by atoms with Crippen LogP contribution in [-0.2, 0) is 17.8 Å². The summed E-state index contributed by atoms with van der Waals surface area (Å²) in [5, 5.41) is 3.80. The summed E-state index contributed by atoms with van der Waals surface area (Å²) < 4.78 is 7.37. The maximum absolute atomic E-state index is 12.1. The number of aryl methyl sites for hydroxylation is 1. The Morgan fingerprint density at radius 1 is 1.26 bits per heavy atom. The SMILES string of the molecule is CCCCc1nc2c(N)nc3ccccc3c2n1CNC(=O)OC(C)(C)C. The first-order valence-corrected chi connectivity index (χ1v) is 9.30. The topological polar surface area (TPSA) is 95.1 Å². The van der Waals surface area contributed by atoms with Crippen LogP contribution < -0.4 is 11.1 Å². The number of anilines is 1. The largest absolute Gasteiger partial charge is 0.444 e. The molecule has 0 aliphatic heterocycles. The van der Waals surface area contributed by atoms with Gasteiger partial charge in [0, 0.05) is 11.8 Å². The van der Waals surface area contributed by atoms with E-state index in [1.54, 1.807) is 0 Å². The molecule has 27 heavy (non-hydrogen) atoms. The molecule has 0 fully saturated rings. The highest BCUT2D eigenvalue weighted by Gasteiger charge is 2.19. The van der Waals surface area contributed by atoms with Gasteiger partial charge in [-0.15, -0.1) is 0 Å². The molecule has 2 aromatic heterocycles. The highest BCUT2D eigenvalue weighted by atomic mass is 16.6. The van der Waals surface area contributed by atoms with Crippen LogP contribution >= 0.6 is 0 Å². The van der Waals surface area contributed by atoms with Gasteiger partial charge in [-0.2, -0.15) is 0 Å². The fourth-order valence-electron chi connectivity index (χ4n) is 3.06. The average Bonchev–Trinajstić information content (AvgIpc) is 2.96. The third-order valence-electron chi connectivity index (χ3n) is 4.22. The van der Waals surface area contributed by atoms with Gasteiger partial charge in [-0.3, -0.25) is 0 Å². The van der Waals surface area contributed by atoms with Gasteiger partial charge in [0.25, 0.3) is 0 Å². The van der Waals surface area contributed by atoms with E-state index in [4.69, 9.17) is 15.5 Å². The first-order valence-electron chi connectivity index (χ1n) is 9.30. The minimum atomic E-state index is -0.548. The van der Waals surface area contributed by atoms with E-state index in [0.29, 0.717) is 11.3 Å². The van der Waals surface area contributed by atoms with Gasteiger partial charge in [0.2, 0.25) is 0 Å². The molecule has 3 N–H and O–H groups in total. The van der Waals surface area contributed by atoms with E-state index in [1.165, 1.54) is 0 Å². The number of fused-ring (bicyclic) bond motifs is 3. The smallest absolute Gasteiger partial charge is 0.409 e. The van der Waals surface area contributed by atoms with E-state index in [-0.39, 0.29) is 6.67 Å². The van der Waals surface area contributed by atoms with Crippen LogP contribution in [0, 0.1) is 0 Å². The summed E-state index contributed by atoms with van der Waals surface area (Å²) in [5.74, 6) is 1.28. The maximum atomic E-state index is 12.1. The van der Waals surface area contributed by atoms with E-state index in [0.717, 1.165) is 41.5 Å². The van der Waals surface area contributed by atoms with Gasteiger partial charge < -0.3 is 20.4 Å². The van der Waals surface area contributed by atoms with Gasteiger partial charge in [0.15, 0.2) is 5.82 Å². The monoisotopic (exact) mass is 369 g/mol. The Bertz CT molecular complexity index is 972. The number of benzene rings is 1. The third-order valence-corrected chi connectivity index (χ3v) is 4.22. The van der Waals surface area contributed by atoms with Crippen LogP contribution in [0.2, 0.25) is 0 Å². The van der Waals surface area contributed by atoms with Gasteiger partial charge in [-0.25, -0.2) is 14.8 Å². The van der Waals surface area contributed by atoms with Crippen LogP contribution in [0.4, 0.5) is 10.6 Å². The number of amides is 1. The molecule has 7 nitrogen and oxygen atoms in total. The number of nitrogens with one attached hydrogen (secondary N) is 1. The number of rotatable bonds is 5. The molecule has 0 radical (unpaired) electrons. The number of hydrogen-bond acceptors (Lipinski definition) is 5. The van der Waals surface area contributed by atoms with Crippen LogP contribution in [-0.4, -0.2) is 26.2 Å². The number of ether oxygens (including phenoxy) is 1. The molecule has 3 aromatic rings. The summed E-state index contributed by atoms with van der Waals surface area (Å²) >= 11 is 0. The minimum absolute atomic E-state index is 0.262. The molecule has 1 aromatic carbocycles. The molecule has 3 rings (SSSR count). The fraction of sp³-hybridized carbons (Fsp3) is 0.450. The van der Waals surface area contributed by atoms with Gasteiger partial charge in [-0.05, 0) is 33.3 Å². The lowest BCUT2D eigenvalue weighted by Gasteiger charge is -2.20. The van der Waals surface area contributed by atoms with Crippen molar-refractivity contribution < 1.29 is 9.53 Å². The molecule has 0 spiro atoms. The predicted molar refractivity (Wildman–Crippen MR) is 107 cm³/mol. The Morgan fingerprint density at radius 2 is 2.00 bits per heavy atom. The zero-order valence-electron chi connectivity index (χ0n) is 16.4. The number of hydrogen-bond donors (Lipinski definition) is 2. The number of para-hydroxylation sites is 1. The second-order valence-electron chi connectivity index (χ2n) is 7.61. The molecule has 0 aliphatic rings. The van der Waals surface area contributed by atoms with Crippen LogP contribution in [0.25, 0.3) is 21.9 Å². The Labute approximate surface area is 158 Å². The van der Waals surface area contributed by atoms with E-state index >= 15 is 0 Å². The Balaban J connectivity index is 2.05. The fourth-order valence-corrected chi connectivity index (χ4v) is 3.06. The number of pyridine rings is 1. The zero-order chi connectivity index (χ0) is 19.6. The standard InChI is InChI=1S/C20H27N5O2/c1-5-6-11-15-24-16-17(13-9-7-8-10-14(13)23-18(16)21)25(15)12-22-19(26)27-20(2,3)4/h7-10H,5-6,11-12H2,1-4H3,(H2,21,23)(H,22,26). The van der Waals surface area contributed by atoms with Gasteiger partial charge in [0.05, 0.1) is 17.7 Å². The van der Waals surface area contributed by atoms with Crippen molar-refractivity contribution in [3.8, 4) is 0 Å². The number of imidazole rings is 1. The predicted octanol–water partition coefficient (Wildman–Crippen LogP) is 3.99. The molecule has 0 saturated carbocycles. The lowest BCUT2D eigenvalue weighted by atomic mass is 10.2. The van der Waals surface area contributed by atoms with Crippen molar-refractivity contribution in [3.63, 3.8) is 0 Å². The average molecular weight is 369 g/mol. The normalized spacial score (nSPS) is 11.9.